The van der Waals surface area contributed by atoms with Gasteiger partial charge in [-0.2, -0.15) is 0 Å². The van der Waals surface area contributed by atoms with Crippen LogP contribution < -0.4 is 10.6 Å². The van der Waals surface area contributed by atoms with E-state index in [0.717, 1.165) is 32.5 Å². The van der Waals surface area contributed by atoms with Gasteiger partial charge in [-0.25, -0.2) is 0 Å². The van der Waals surface area contributed by atoms with Gasteiger partial charge in [0.15, 0.2) is 0 Å². The van der Waals surface area contributed by atoms with E-state index in [2.05, 4.69) is 29.4 Å². The highest BCUT2D eigenvalue weighted by Gasteiger charge is 2.30. The summed E-state index contributed by atoms with van der Waals surface area (Å²) < 4.78 is 4.99. The second-order valence-electron chi connectivity index (χ2n) is 6.13. The quantitative estimate of drug-likeness (QED) is 0.629. The van der Waals surface area contributed by atoms with E-state index < -0.39 is 0 Å². The molecule has 3 atom stereocenters. The summed E-state index contributed by atoms with van der Waals surface area (Å²) in [5.74, 6) is 0.729. The molecule has 5 heteroatoms. The van der Waals surface area contributed by atoms with Crippen LogP contribution in [0.5, 0.6) is 0 Å². The molecule has 0 aromatic rings. The Balaban J connectivity index is 2.32. The van der Waals surface area contributed by atoms with Crippen molar-refractivity contribution in [2.45, 2.75) is 52.1 Å². The van der Waals surface area contributed by atoms with Crippen LogP contribution in [0.15, 0.2) is 0 Å². The van der Waals surface area contributed by atoms with Crippen molar-refractivity contribution in [2.24, 2.45) is 5.92 Å². The molecule has 1 amide bonds. The van der Waals surface area contributed by atoms with E-state index in [0.29, 0.717) is 25.1 Å². The van der Waals surface area contributed by atoms with Gasteiger partial charge < -0.3 is 15.4 Å². The van der Waals surface area contributed by atoms with Gasteiger partial charge in [-0.3, -0.25) is 9.69 Å². The van der Waals surface area contributed by atoms with E-state index in [9.17, 15) is 4.79 Å². The van der Waals surface area contributed by atoms with E-state index in [1.165, 1.54) is 6.42 Å². The first-order valence-electron chi connectivity index (χ1n) is 8.34. The van der Waals surface area contributed by atoms with E-state index in [4.69, 9.17) is 4.74 Å². The van der Waals surface area contributed by atoms with Gasteiger partial charge in [-0.1, -0.05) is 13.8 Å². The molecular weight excluding hydrogens is 266 g/mol. The van der Waals surface area contributed by atoms with Crippen molar-refractivity contribution in [3.05, 3.63) is 0 Å². The number of hydrogen-bond acceptors (Lipinski definition) is 4. The number of nitrogens with zero attached hydrogens (tertiary/aromatic N) is 1. The zero-order valence-electron chi connectivity index (χ0n) is 14.2. The molecule has 0 spiro atoms. The van der Waals surface area contributed by atoms with Crippen LogP contribution in [0.4, 0.5) is 0 Å². The smallest absolute Gasteiger partial charge is 0.237 e. The van der Waals surface area contributed by atoms with Crippen LogP contribution in [0.1, 0.15) is 40.0 Å². The van der Waals surface area contributed by atoms with Crippen molar-refractivity contribution in [1.29, 1.82) is 0 Å². The monoisotopic (exact) mass is 299 g/mol. The topological polar surface area (TPSA) is 53.6 Å². The summed E-state index contributed by atoms with van der Waals surface area (Å²) in [7, 11) is 1.68. The molecule has 0 aromatic heterocycles. The number of hydrogen-bond donors (Lipinski definition) is 2. The lowest BCUT2D eigenvalue weighted by atomic mass is 9.92. The fraction of sp³-hybridized carbons (Fsp3) is 0.938. The molecule has 21 heavy (non-hydrogen) atoms. The number of ether oxygens (including phenoxy) is 1. The molecule has 1 aliphatic rings. The molecule has 3 unspecified atom stereocenters. The van der Waals surface area contributed by atoms with Crippen molar-refractivity contribution in [2.75, 3.05) is 39.9 Å². The van der Waals surface area contributed by atoms with Gasteiger partial charge in [0.25, 0.3) is 0 Å². The Morgan fingerprint density at radius 2 is 2.19 bits per heavy atom. The summed E-state index contributed by atoms with van der Waals surface area (Å²) in [5.41, 5.74) is 0. The number of amides is 1. The first-order chi connectivity index (χ1) is 10.1. The Labute approximate surface area is 129 Å². The van der Waals surface area contributed by atoms with Gasteiger partial charge in [-0.05, 0) is 38.6 Å². The molecule has 0 aromatic carbocycles. The van der Waals surface area contributed by atoms with Gasteiger partial charge >= 0.3 is 0 Å². The van der Waals surface area contributed by atoms with Crippen LogP contribution in [0.25, 0.3) is 0 Å². The number of likely N-dealkylation sites (tertiary alicyclic amines) is 1. The molecule has 1 aliphatic heterocycles. The Kier molecular flexibility index (Phi) is 8.88. The fourth-order valence-electron chi connectivity index (χ4n) is 2.90. The first-order valence-corrected chi connectivity index (χ1v) is 8.34. The third kappa shape index (κ3) is 6.32. The Hall–Kier alpha value is -0.650. The SMILES string of the molecule is CCCNC1CCN(C(C)C(=O)NCCCOC)CC1C. The molecule has 0 aliphatic carbocycles. The van der Waals surface area contributed by atoms with Crippen molar-refractivity contribution in [3.63, 3.8) is 0 Å². The minimum Gasteiger partial charge on any atom is -0.385 e. The van der Waals surface area contributed by atoms with Gasteiger partial charge in [0, 0.05) is 39.4 Å². The van der Waals surface area contributed by atoms with E-state index >= 15 is 0 Å². The lowest BCUT2D eigenvalue weighted by Gasteiger charge is -2.39. The Morgan fingerprint density at radius 1 is 1.43 bits per heavy atom. The average molecular weight is 299 g/mol. The summed E-state index contributed by atoms with van der Waals surface area (Å²) in [6.07, 6.45) is 3.17. The van der Waals surface area contributed by atoms with Crippen LogP contribution in [-0.4, -0.2) is 62.8 Å². The van der Waals surface area contributed by atoms with Crippen LogP contribution in [0.3, 0.4) is 0 Å². The summed E-state index contributed by atoms with van der Waals surface area (Å²) in [4.78, 5) is 14.5. The maximum atomic E-state index is 12.2. The largest absolute Gasteiger partial charge is 0.385 e. The molecule has 5 nitrogen and oxygen atoms in total. The average Bonchev–Trinajstić information content (AvgIpc) is 2.49. The van der Waals surface area contributed by atoms with Crippen LogP contribution in [-0.2, 0) is 9.53 Å². The second-order valence-corrected chi connectivity index (χ2v) is 6.13. The predicted octanol–water partition coefficient (Wildman–Crippen LogP) is 1.24. The number of methoxy groups -OCH3 is 1. The van der Waals surface area contributed by atoms with Crippen molar-refractivity contribution < 1.29 is 9.53 Å². The third-order valence-corrected chi connectivity index (χ3v) is 4.34. The minimum atomic E-state index is -0.0397. The molecule has 1 rings (SSSR count). The van der Waals surface area contributed by atoms with Crippen molar-refractivity contribution in [1.82, 2.24) is 15.5 Å². The Morgan fingerprint density at radius 3 is 2.81 bits per heavy atom. The van der Waals surface area contributed by atoms with Crippen LogP contribution in [0.2, 0.25) is 0 Å². The van der Waals surface area contributed by atoms with Crippen LogP contribution >= 0.6 is 0 Å². The predicted molar refractivity (Wildman–Crippen MR) is 86.4 cm³/mol. The summed E-state index contributed by atoms with van der Waals surface area (Å²) in [6.45, 7) is 11.0. The zero-order valence-corrected chi connectivity index (χ0v) is 14.2. The number of nitrogens with one attached hydrogen (secondary N) is 2. The third-order valence-electron chi connectivity index (χ3n) is 4.34. The lowest BCUT2D eigenvalue weighted by Crippen LogP contribution is -2.54. The summed E-state index contributed by atoms with van der Waals surface area (Å²) >= 11 is 0. The number of piperidine rings is 1. The van der Waals surface area contributed by atoms with Gasteiger partial charge in [0.2, 0.25) is 5.91 Å². The van der Waals surface area contributed by atoms with Gasteiger partial charge in [0.05, 0.1) is 6.04 Å². The molecule has 2 N–H and O–H groups in total. The Bertz CT molecular complexity index is 299. The van der Waals surface area contributed by atoms with Crippen molar-refractivity contribution in [3.8, 4) is 0 Å². The lowest BCUT2D eigenvalue weighted by molar-refractivity contribution is -0.126. The highest BCUT2D eigenvalue weighted by molar-refractivity contribution is 5.81. The molecule has 1 saturated heterocycles. The van der Waals surface area contributed by atoms with Gasteiger partial charge in [0.1, 0.15) is 0 Å². The normalized spacial score (nSPS) is 24.8. The number of rotatable bonds is 9. The molecule has 0 bridgehead atoms. The maximum Gasteiger partial charge on any atom is 0.237 e. The summed E-state index contributed by atoms with van der Waals surface area (Å²) in [5, 5.41) is 6.62. The van der Waals surface area contributed by atoms with E-state index in [1.54, 1.807) is 7.11 Å². The maximum absolute atomic E-state index is 12.2. The fourth-order valence-corrected chi connectivity index (χ4v) is 2.90. The second kappa shape index (κ2) is 10.1. The number of carbonyl (C=O) groups excluding carboxylic acids is 1. The summed E-state index contributed by atoms with van der Waals surface area (Å²) in [6, 6.07) is 0.556. The standard InChI is InChI=1S/C16H33N3O2/c1-5-8-17-15-7-10-19(12-13(15)2)14(3)16(20)18-9-6-11-21-4/h13-15,17H,5-12H2,1-4H3,(H,18,20). The van der Waals surface area contributed by atoms with E-state index in [1.807, 2.05) is 6.92 Å². The molecule has 124 valence electrons. The number of carbonyl (C=O) groups is 1. The van der Waals surface area contributed by atoms with Gasteiger partial charge in [-0.15, -0.1) is 0 Å². The molecule has 0 saturated carbocycles. The highest BCUT2D eigenvalue weighted by atomic mass is 16.5. The molecule has 1 heterocycles. The van der Waals surface area contributed by atoms with Crippen LogP contribution in [0, 0.1) is 5.92 Å². The zero-order chi connectivity index (χ0) is 15.7. The minimum absolute atomic E-state index is 0.0397. The molecular formula is C16H33N3O2. The van der Waals surface area contributed by atoms with Crippen molar-refractivity contribution >= 4 is 5.91 Å². The molecule has 0 radical (unpaired) electrons. The van der Waals surface area contributed by atoms with E-state index in [-0.39, 0.29) is 11.9 Å². The first kappa shape index (κ1) is 18.4. The highest BCUT2D eigenvalue weighted by Crippen LogP contribution is 2.19. The molecule has 1 fully saturated rings.